The Labute approximate surface area is 150 Å². The van der Waals surface area contributed by atoms with E-state index in [1.807, 2.05) is 6.92 Å². The first-order chi connectivity index (χ1) is 11.7. The first kappa shape index (κ1) is 20.9. The molecule has 0 aliphatic heterocycles. The first-order valence-corrected chi connectivity index (χ1v) is 9.01. The summed E-state index contributed by atoms with van der Waals surface area (Å²) in [5.74, 6) is -1.36. The summed E-state index contributed by atoms with van der Waals surface area (Å²) in [5.41, 5.74) is 0.160. The third kappa shape index (κ3) is 6.72. The Bertz CT molecular complexity index is 644. The van der Waals surface area contributed by atoms with Crippen LogP contribution in [0.1, 0.15) is 60.3 Å². The van der Waals surface area contributed by atoms with E-state index in [0.717, 1.165) is 25.7 Å². The van der Waals surface area contributed by atoms with Gasteiger partial charge in [0.15, 0.2) is 0 Å². The average molecular weight is 349 g/mol. The van der Waals surface area contributed by atoms with Gasteiger partial charge in [-0.05, 0) is 24.8 Å². The maximum absolute atomic E-state index is 12.3. The van der Waals surface area contributed by atoms with Gasteiger partial charge in [0.2, 0.25) is 0 Å². The Morgan fingerprint density at radius 1 is 1.12 bits per heavy atom. The lowest BCUT2D eigenvalue weighted by atomic mass is 9.83. The number of aromatic nitrogens is 1. The van der Waals surface area contributed by atoms with Crippen LogP contribution in [0.15, 0.2) is 23.1 Å². The molecule has 0 radical (unpaired) electrons. The molecule has 0 aliphatic rings. The minimum atomic E-state index is -0.717. The molecule has 2 N–H and O–H groups in total. The Balaban J connectivity index is 2.73. The Kier molecular flexibility index (Phi) is 7.87. The molecule has 140 valence electrons. The highest BCUT2D eigenvalue weighted by atomic mass is 16.2. The van der Waals surface area contributed by atoms with Crippen LogP contribution in [0.2, 0.25) is 0 Å². The highest BCUT2D eigenvalue weighted by Crippen LogP contribution is 2.23. The number of unbranched alkanes of at least 4 members (excludes halogenated alkanes) is 2. The second-order valence-electron chi connectivity index (χ2n) is 7.38. The fourth-order valence-electron chi connectivity index (χ4n) is 2.58. The lowest BCUT2D eigenvalue weighted by Crippen LogP contribution is -2.47. The number of carbonyl (C=O) groups is 2. The summed E-state index contributed by atoms with van der Waals surface area (Å²) in [7, 11) is 0. The summed E-state index contributed by atoms with van der Waals surface area (Å²) < 4.78 is 1.47. The molecular formula is C19H31N3O3. The van der Waals surface area contributed by atoms with Crippen LogP contribution in [0.25, 0.3) is 0 Å². The predicted molar refractivity (Wildman–Crippen MR) is 101 cm³/mol. The number of hydrogen-bond donors (Lipinski definition) is 2. The molecule has 0 unspecified atom stereocenters. The highest BCUT2D eigenvalue weighted by Gasteiger charge is 2.28. The molecule has 6 nitrogen and oxygen atoms in total. The van der Waals surface area contributed by atoms with E-state index >= 15 is 0 Å². The van der Waals surface area contributed by atoms with Crippen LogP contribution in [0.5, 0.6) is 0 Å². The van der Waals surface area contributed by atoms with Crippen molar-refractivity contribution in [3.8, 4) is 0 Å². The molecule has 0 aromatic carbocycles. The molecule has 0 aliphatic carbocycles. The van der Waals surface area contributed by atoms with Crippen LogP contribution < -0.4 is 16.2 Å². The smallest absolute Gasteiger partial charge is 0.313 e. The zero-order valence-electron chi connectivity index (χ0n) is 16.0. The lowest BCUT2D eigenvalue weighted by Gasteiger charge is -2.31. The van der Waals surface area contributed by atoms with Crippen molar-refractivity contribution in [3.63, 3.8) is 0 Å². The van der Waals surface area contributed by atoms with E-state index < -0.39 is 11.8 Å². The highest BCUT2D eigenvalue weighted by molar-refractivity contribution is 6.39. The number of anilines is 1. The van der Waals surface area contributed by atoms with E-state index in [9.17, 15) is 14.4 Å². The summed E-state index contributed by atoms with van der Waals surface area (Å²) >= 11 is 0. The molecule has 0 spiro atoms. The Hall–Kier alpha value is -2.11. The number of carbonyl (C=O) groups excluding carboxylic acids is 2. The SMILES string of the molecule is CCCCC[C@@H](NC(=O)C(=O)Nc1ccc(=O)n(CC)c1)C(C)(C)C. The Morgan fingerprint density at radius 3 is 2.36 bits per heavy atom. The molecule has 1 aromatic heterocycles. The van der Waals surface area contributed by atoms with Gasteiger partial charge in [-0.1, -0.05) is 47.0 Å². The van der Waals surface area contributed by atoms with Crippen LogP contribution in [0.4, 0.5) is 5.69 Å². The van der Waals surface area contributed by atoms with Crippen LogP contribution in [0, 0.1) is 5.41 Å². The fourth-order valence-corrected chi connectivity index (χ4v) is 2.58. The van der Waals surface area contributed by atoms with Crippen molar-refractivity contribution in [3.05, 3.63) is 28.7 Å². The van der Waals surface area contributed by atoms with Gasteiger partial charge >= 0.3 is 11.8 Å². The zero-order chi connectivity index (χ0) is 19.0. The van der Waals surface area contributed by atoms with Crippen molar-refractivity contribution in [2.24, 2.45) is 5.41 Å². The molecule has 2 amide bonds. The van der Waals surface area contributed by atoms with Gasteiger partial charge in [-0.15, -0.1) is 0 Å². The van der Waals surface area contributed by atoms with Crippen molar-refractivity contribution in [2.45, 2.75) is 72.9 Å². The number of pyridine rings is 1. The monoisotopic (exact) mass is 349 g/mol. The molecule has 6 heteroatoms. The molecule has 0 saturated carbocycles. The molecule has 25 heavy (non-hydrogen) atoms. The third-order valence-electron chi connectivity index (χ3n) is 4.24. The molecule has 0 fully saturated rings. The second kappa shape index (κ2) is 9.39. The van der Waals surface area contributed by atoms with E-state index in [2.05, 4.69) is 38.3 Å². The van der Waals surface area contributed by atoms with Crippen molar-refractivity contribution < 1.29 is 9.59 Å². The summed E-state index contributed by atoms with van der Waals surface area (Å²) in [4.78, 5) is 36.0. The second-order valence-corrected chi connectivity index (χ2v) is 7.38. The van der Waals surface area contributed by atoms with Crippen LogP contribution in [-0.2, 0) is 16.1 Å². The summed E-state index contributed by atoms with van der Waals surface area (Å²) in [6.45, 7) is 10.6. The third-order valence-corrected chi connectivity index (χ3v) is 4.24. The summed E-state index contributed by atoms with van der Waals surface area (Å²) in [5, 5.41) is 5.41. The van der Waals surface area contributed by atoms with Gasteiger partial charge in [0.25, 0.3) is 5.56 Å². The summed E-state index contributed by atoms with van der Waals surface area (Å²) in [6.07, 6.45) is 5.61. The van der Waals surface area contributed by atoms with Gasteiger partial charge in [-0.3, -0.25) is 14.4 Å². The van der Waals surface area contributed by atoms with E-state index in [0.29, 0.717) is 12.2 Å². The lowest BCUT2D eigenvalue weighted by molar-refractivity contribution is -0.137. The number of nitrogens with one attached hydrogen (secondary N) is 2. The topological polar surface area (TPSA) is 80.2 Å². The number of aryl methyl sites for hydroxylation is 1. The normalized spacial score (nSPS) is 12.5. The fraction of sp³-hybridized carbons (Fsp3) is 0.632. The quantitative estimate of drug-likeness (QED) is 0.587. The minimum Gasteiger partial charge on any atom is -0.345 e. The van der Waals surface area contributed by atoms with E-state index in [4.69, 9.17) is 0 Å². The molecule has 0 bridgehead atoms. The van der Waals surface area contributed by atoms with Gasteiger partial charge in [0.1, 0.15) is 0 Å². The van der Waals surface area contributed by atoms with Crippen molar-refractivity contribution in [1.82, 2.24) is 9.88 Å². The number of rotatable bonds is 7. The van der Waals surface area contributed by atoms with E-state index in [1.165, 1.54) is 22.9 Å². The number of nitrogens with zero attached hydrogens (tertiary/aromatic N) is 1. The molecule has 1 rings (SSSR count). The predicted octanol–water partition coefficient (Wildman–Crippen LogP) is 2.92. The van der Waals surface area contributed by atoms with E-state index in [-0.39, 0.29) is 17.0 Å². The van der Waals surface area contributed by atoms with Gasteiger partial charge in [0.05, 0.1) is 5.69 Å². The molecule has 0 saturated heterocycles. The number of hydrogen-bond acceptors (Lipinski definition) is 3. The maximum atomic E-state index is 12.3. The van der Waals surface area contributed by atoms with Crippen LogP contribution >= 0.6 is 0 Å². The zero-order valence-corrected chi connectivity index (χ0v) is 16.0. The molecule has 1 aromatic rings. The molecular weight excluding hydrogens is 318 g/mol. The summed E-state index contributed by atoms with van der Waals surface area (Å²) in [6, 6.07) is 2.81. The van der Waals surface area contributed by atoms with Crippen molar-refractivity contribution in [1.29, 1.82) is 0 Å². The van der Waals surface area contributed by atoms with Crippen molar-refractivity contribution >= 4 is 17.5 Å². The van der Waals surface area contributed by atoms with Crippen LogP contribution in [0.3, 0.4) is 0 Å². The van der Waals surface area contributed by atoms with Crippen LogP contribution in [-0.4, -0.2) is 22.4 Å². The molecule has 1 atom stereocenters. The molecule has 1 heterocycles. The number of amides is 2. The Morgan fingerprint density at radius 2 is 1.80 bits per heavy atom. The van der Waals surface area contributed by atoms with Gasteiger partial charge < -0.3 is 15.2 Å². The standard InChI is InChI=1S/C19H31N3O3/c1-6-8-9-10-15(19(3,4)5)21-18(25)17(24)20-14-11-12-16(23)22(7-2)13-14/h11-13,15H,6-10H2,1-5H3,(H,20,24)(H,21,25)/t15-/m1/s1. The minimum absolute atomic E-state index is 0.0677. The van der Waals surface area contributed by atoms with Gasteiger partial charge in [-0.2, -0.15) is 0 Å². The van der Waals surface area contributed by atoms with Gasteiger partial charge in [0, 0.05) is 24.8 Å². The van der Waals surface area contributed by atoms with Crippen molar-refractivity contribution in [2.75, 3.05) is 5.32 Å². The maximum Gasteiger partial charge on any atom is 0.313 e. The average Bonchev–Trinajstić information content (AvgIpc) is 2.54. The van der Waals surface area contributed by atoms with Gasteiger partial charge in [-0.25, -0.2) is 0 Å². The van der Waals surface area contributed by atoms with E-state index in [1.54, 1.807) is 0 Å². The first-order valence-electron chi connectivity index (χ1n) is 9.01. The largest absolute Gasteiger partial charge is 0.345 e.